The van der Waals surface area contributed by atoms with E-state index in [1.807, 2.05) is 0 Å². The van der Waals surface area contributed by atoms with E-state index in [2.05, 4.69) is 64.5 Å². The third-order valence-electron chi connectivity index (χ3n) is 3.64. The Morgan fingerprint density at radius 1 is 0.789 bits per heavy atom. The zero-order valence-electron chi connectivity index (χ0n) is 10.8. The first-order valence-electron chi connectivity index (χ1n) is 6.84. The lowest BCUT2D eigenvalue weighted by molar-refractivity contribution is 0.210. The number of benzene rings is 2. The fourth-order valence-electron chi connectivity index (χ4n) is 2.57. The Morgan fingerprint density at radius 3 is 1.89 bits per heavy atom. The molecule has 1 saturated carbocycles. The molecule has 1 aliphatic carbocycles. The molecule has 0 amide bonds. The van der Waals surface area contributed by atoms with Crippen molar-refractivity contribution in [3.8, 4) is 16.9 Å². The quantitative estimate of drug-likeness (QED) is 0.732. The van der Waals surface area contributed by atoms with Crippen molar-refractivity contribution in [3.63, 3.8) is 0 Å². The topological polar surface area (TPSA) is 9.23 Å². The largest absolute Gasteiger partial charge is 0.490 e. The molecule has 0 unspecified atom stereocenters. The summed E-state index contributed by atoms with van der Waals surface area (Å²) in [4.78, 5) is 0. The number of hydrogen-bond acceptors (Lipinski definition) is 1. The molecule has 1 aliphatic rings. The van der Waals surface area contributed by atoms with Crippen molar-refractivity contribution in [2.45, 2.75) is 31.8 Å². The molecule has 0 bridgehead atoms. The zero-order chi connectivity index (χ0) is 13.1. The van der Waals surface area contributed by atoms with Crippen LogP contribution in [-0.4, -0.2) is 6.10 Å². The maximum atomic E-state index is 5.98. The van der Waals surface area contributed by atoms with Gasteiger partial charge in [0.05, 0.1) is 6.10 Å². The predicted octanol–water partition coefficient (Wildman–Crippen LogP) is 5.44. The Morgan fingerprint density at radius 2 is 1.32 bits per heavy atom. The van der Waals surface area contributed by atoms with Crippen LogP contribution in [0.4, 0.5) is 0 Å². The molecule has 1 fully saturated rings. The normalized spacial score (nSPS) is 15.6. The lowest BCUT2D eigenvalue weighted by Crippen LogP contribution is -2.10. The Balaban J connectivity index is 1.72. The van der Waals surface area contributed by atoms with Gasteiger partial charge in [0, 0.05) is 4.47 Å². The third-order valence-corrected chi connectivity index (χ3v) is 4.17. The summed E-state index contributed by atoms with van der Waals surface area (Å²) >= 11 is 3.46. The van der Waals surface area contributed by atoms with E-state index in [1.54, 1.807) is 0 Å². The SMILES string of the molecule is Brc1ccc(-c2ccc(OC3CCCC3)cc2)cc1. The minimum absolute atomic E-state index is 0.429. The van der Waals surface area contributed by atoms with E-state index in [-0.39, 0.29) is 0 Å². The summed E-state index contributed by atoms with van der Waals surface area (Å²) in [5, 5.41) is 0. The fraction of sp³-hybridized carbons (Fsp3) is 0.294. The van der Waals surface area contributed by atoms with Crippen LogP contribution in [0.2, 0.25) is 0 Å². The Kier molecular flexibility index (Phi) is 3.88. The van der Waals surface area contributed by atoms with Gasteiger partial charge < -0.3 is 4.74 Å². The van der Waals surface area contributed by atoms with E-state index in [1.165, 1.54) is 36.8 Å². The van der Waals surface area contributed by atoms with Crippen LogP contribution in [0.1, 0.15) is 25.7 Å². The standard InChI is InChI=1S/C17H17BrO/c18-15-9-5-13(6-10-15)14-7-11-17(12-8-14)19-16-3-1-2-4-16/h5-12,16H,1-4H2. The molecule has 0 aromatic heterocycles. The van der Waals surface area contributed by atoms with E-state index in [0.717, 1.165) is 10.2 Å². The smallest absolute Gasteiger partial charge is 0.119 e. The number of hydrogen-bond donors (Lipinski definition) is 0. The summed E-state index contributed by atoms with van der Waals surface area (Å²) in [5.74, 6) is 0.993. The van der Waals surface area contributed by atoms with Crippen molar-refractivity contribution in [2.75, 3.05) is 0 Å². The highest BCUT2D eigenvalue weighted by molar-refractivity contribution is 9.10. The maximum absolute atomic E-state index is 5.98. The van der Waals surface area contributed by atoms with Crippen LogP contribution >= 0.6 is 15.9 Å². The maximum Gasteiger partial charge on any atom is 0.119 e. The fourth-order valence-corrected chi connectivity index (χ4v) is 2.83. The molecule has 0 aliphatic heterocycles. The van der Waals surface area contributed by atoms with E-state index in [4.69, 9.17) is 4.74 Å². The van der Waals surface area contributed by atoms with Gasteiger partial charge in [0.15, 0.2) is 0 Å². The van der Waals surface area contributed by atoms with Gasteiger partial charge in [-0.05, 0) is 61.1 Å². The summed E-state index contributed by atoms with van der Waals surface area (Å²) < 4.78 is 7.09. The highest BCUT2D eigenvalue weighted by Crippen LogP contribution is 2.27. The summed E-state index contributed by atoms with van der Waals surface area (Å²) in [6.45, 7) is 0. The second-order valence-corrected chi connectivity index (χ2v) is 5.97. The van der Waals surface area contributed by atoms with Crippen LogP contribution in [0.15, 0.2) is 53.0 Å². The van der Waals surface area contributed by atoms with Gasteiger partial charge >= 0.3 is 0 Å². The molecule has 19 heavy (non-hydrogen) atoms. The second kappa shape index (κ2) is 5.79. The molecule has 2 heteroatoms. The number of ether oxygens (including phenoxy) is 1. The first-order chi connectivity index (χ1) is 9.31. The van der Waals surface area contributed by atoms with Gasteiger partial charge in [0.2, 0.25) is 0 Å². The highest BCUT2D eigenvalue weighted by Gasteiger charge is 2.16. The number of halogens is 1. The van der Waals surface area contributed by atoms with Crippen molar-refractivity contribution in [1.82, 2.24) is 0 Å². The molecule has 0 spiro atoms. The summed E-state index contributed by atoms with van der Waals surface area (Å²) in [7, 11) is 0. The van der Waals surface area contributed by atoms with Gasteiger partial charge in [-0.15, -0.1) is 0 Å². The summed E-state index contributed by atoms with van der Waals surface area (Å²) in [6, 6.07) is 16.8. The van der Waals surface area contributed by atoms with Crippen molar-refractivity contribution < 1.29 is 4.74 Å². The van der Waals surface area contributed by atoms with Gasteiger partial charge in [-0.25, -0.2) is 0 Å². The minimum Gasteiger partial charge on any atom is -0.490 e. The lowest BCUT2D eigenvalue weighted by atomic mass is 10.1. The van der Waals surface area contributed by atoms with Gasteiger partial charge in [-0.1, -0.05) is 40.2 Å². The molecule has 0 radical (unpaired) electrons. The molecule has 2 aromatic carbocycles. The lowest BCUT2D eigenvalue weighted by Gasteiger charge is -2.13. The Bertz CT molecular complexity index is 524. The van der Waals surface area contributed by atoms with Crippen molar-refractivity contribution in [2.24, 2.45) is 0 Å². The zero-order valence-corrected chi connectivity index (χ0v) is 12.4. The van der Waals surface area contributed by atoms with Crippen LogP contribution in [-0.2, 0) is 0 Å². The Labute approximate surface area is 122 Å². The molecule has 1 nitrogen and oxygen atoms in total. The Hall–Kier alpha value is -1.28. The van der Waals surface area contributed by atoms with Gasteiger partial charge in [0.25, 0.3) is 0 Å². The molecule has 98 valence electrons. The van der Waals surface area contributed by atoms with Crippen molar-refractivity contribution in [3.05, 3.63) is 53.0 Å². The van der Waals surface area contributed by atoms with Crippen molar-refractivity contribution >= 4 is 15.9 Å². The third kappa shape index (κ3) is 3.19. The van der Waals surface area contributed by atoms with Gasteiger partial charge in [-0.3, -0.25) is 0 Å². The van der Waals surface area contributed by atoms with Crippen molar-refractivity contribution in [1.29, 1.82) is 0 Å². The molecule has 0 atom stereocenters. The van der Waals surface area contributed by atoms with Crippen LogP contribution in [0.3, 0.4) is 0 Å². The summed E-state index contributed by atoms with van der Waals surface area (Å²) in [6.07, 6.45) is 5.45. The average molecular weight is 317 g/mol. The van der Waals surface area contributed by atoms with Crippen LogP contribution in [0, 0.1) is 0 Å². The summed E-state index contributed by atoms with van der Waals surface area (Å²) in [5.41, 5.74) is 2.46. The highest BCUT2D eigenvalue weighted by atomic mass is 79.9. The van der Waals surface area contributed by atoms with E-state index < -0.39 is 0 Å². The minimum atomic E-state index is 0.429. The molecule has 0 heterocycles. The van der Waals surface area contributed by atoms with Crippen LogP contribution in [0.5, 0.6) is 5.75 Å². The van der Waals surface area contributed by atoms with Crippen LogP contribution in [0.25, 0.3) is 11.1 Å². The molecule has 3 rings (SSSR count). The van der Waals surface area contributed by atoms with Gasteiger partial charge in [0.1, 0.15) is 5.75 Å². The molecule has 2 aromatic rings. The molecular weight excluding hydrogens is 300 g/mol. The first kappa shape index (κ1) is 12.7. The second-order valence-electron chi connectivity index (χ2n) is 5.06. The van der Waals surface area contributed by atoms with Crippen LogP contribution < -0.4 is 4.74 Å². The van der Waals surface area contributed by atoms with E-state index >= 15 is 0 Å². The predicted molar refractivity (Wildman–Crippen MR) is 82.5 cm³/mol. The molecule has 0 saturated heterocycles. The van der Waals surface area contributed by atoms with E-state index in [9.17, 15) is 0 Å². The van der Waals surface area contributed by atoms with E-state index in [0.29, 0.717) is 6.10 Å². The van der Waals surface area contributed by atoms with Gasteiger partial charge in [-0.2, -0.15) is 0 Å². The average Bonchev–Trinajstić information content (AvgIpc) is 2.94. The monoisotopic (exact) mass is 316 g/mol. The first-order valence-corrected chi connectivity index (χ1v) is 7.63. The number of rotatable bonds is 3. The molecule has 0 N–H and O–H groups in total. The molecular formula is C17H17BrO.